The zero-order chi connectivity index (χ0) is 19.2. The third kappa shape index (κ3) is 5.35. The highest BCUT2D eigenvalue weighted by molar-refractivity contribution is 6.42. The van der Waals surface area contributed by atoms with Gasteiger partial charge < -0.3 is 5.32 Å². The Labute approximate surface area is 170 Å². The van der Waals surface area contributed by atoms with E-state index in [1.165, 1.54) is 5.56 Å². The van der Waals surface area contributed by atoms with Gasteiger partial charge in [-0.05, 0) is 42.2 Å². The minimum Gasteiger partial charge on any atom is -0.345 e. The molecule has 1 N–H and O–H groups in total. The van der Waals surface area contributed by atoms with Crippen LogP contribution in [0.25, 0.3) is 0 Å². The number of aryl methyl sites for hydroxylation is 2. The maximum atomic E-state index is 12.6. The van der Waals surface area contributed by atoms with E-state index in [1.54, 1.807) is 6.07 Å². The SMILES string of the molecule is Cc1cccc(C(NC(=O)CCc2ccc(Cl)c(Cl)c2)c2ccccc2)c1. The summed E-state index contributed by atoms with van der Waals surface area (Å²) in [6.45, 7) is 2.05. The first-order chi connectivity index (χ1) is 13.0. The Morgan fingerprint density at radius 3 is 2.33 bits per heavy atom. The normalized spacial score (nSPS) is 11.8. The average Bonchev–Trinajstić information content (AvgIpc) is 2.67. The average molecular weight is 398 g/mol. The van der Waals surface area contributed by atoms with E-state index in [0.29, 0.717) is 22.9 Å². The lowest BCUT2D eigenvalue weighted by molar-refractivity contribution is -0.121. The molecule has 0 aromatic heterocycles. The van der Waals surface area contributed by atoms with Crippen LogP contribution in [-0.4, -0.2) is 5.91 Å². The van der Waals surface area contributed by atoms with E-state index < -0.39 is 0 Å². The first kappa shape index (κ1) is 19.5. The second-order valence-corrected chi connectivity index (χ2v) is 7.39. The van der Waals surface area contributed by atoms with Crippen molar-refractivity contribution in [2.45, 2.75) is 25.8 Å². The Morgan fingerprint density at radius 1 is 0.889 bits per heavy atom. The summed E-state index contributed by atoms with van der Waals surface area (Å²) in [4.78, 5) is 12.6. The fourth-order valence-corrected chi connectivity index (χ4v) is 3.36. The fourth-order valence-electron chi connectivity index (χ4n) is 3.04. The third-order valence-corrected chi connectivity index (χ3v) is 5.18. The summed E-state index contributed by atoms with van der Waals surface area (Å²) in [5, 5.41) is 4.21. The highest BCUT2D eigenvalue weighted by Gasteiger charge is 2.17. The molecule has 1 amide bonds. The molecule has 0 fully saturated rings. The highest BCUT2D eigenvalue weighted by Crippen LogP contribution is 2.25. The number of carbonyl (C=O) groups excluding carboxylic acids is 1. The van der Waals surface area contributed by atoms with Crippen LogP contribution in [0, 0.1) is 6.92 Å². The predicted octanol–water partition coefficient (Wildman–Crippen LogP) is 6.14. The van der Waals surface area contributed by atoms with Gasteiger partial charge in [-0.3, -0.25) is 4.79 Å². The van der Waals surface area contributed by atoms with Crippen molar-refractivity contribution in [3.05, 3.63) is 105 Å². The van der Waals surface area contributed by atoms with E-state index in [1.807, 2.05) is 54.6 Å². The fraction of sp³-hybridized carbons (Fsp3) is 0.174. The monoisotopic (exact) mass is 397 g/mol. The lowest BCUT2D eigenvalue weighted by Gasteiger charge is -2.20. The topological polar surface area (TPSA) is 29.1 Å². The van der Waals surface area contributed by atoms with Gasteiger partial charge in [-0.25, -0.2) is 0 Å². The zero-order valence-corrected chi connectivity index (χ0v) is 16.6. The molecule has 0 aliphatic heterocycles. The molecule has 0 spiro atoms. The molecule has 0 aliphatic carbocycles. The van der Waals surface area contributed by atoms with Crippen LogP contribution >= 0.6 is 23.2 Å². The van der Waals surface area contributed by atoms with Gasteiger partial charge in [-0.15, -0.1) is 0 Å². The van der Waals surface area contributed by atoms with Crippen molar-refractivity contribution in [1.82, 2.24) is 5.32 Å². The van der Waals surface area contributed by atoms with Crippen molar-refractivity contribution in [3.8, 4) is 0 Å². The van der Waals surface area contributed by atoms with Gasteiger partial charge in [0.15, 0.2) is 0 Å². The summed E-state index contributed by atoms with van der Waals surface area (Å²) in [5.41, 5.74) is 4.29. The van der Waals surface area contributed by atoms with Gasteiger partial charge >= 0.3 is 0 Å². The number of hydrogen-bond acceptors (Lipinski definition) is 1. The van der Waals surface area contributed by atoms with E-state index >= 15 is 0 Å². The first-order valence-electron chi connectivity index (χ1n) is 8.88. The second-order valence-electron chi connectivity index (χ2n) is 6.57. The molecule has 3 aromatic carbocycles. The molecule has 3 rings (SSSR count). The van der Waals surface area contributed by atoms with Crippen molar-refractivity contribution in [2.75, 3.05) is 0 Å². The number of benzene rings is 3. The number of hydrogen-bond donors (Lipinski definition) is 1. The minimum atomic E-state index is -0.174. The van der Waals surface area contributed by atoms with Crippen molar-refractivity contribution >= 4 is 29.1 Å². The van der Waals surface area contributed by atoms with Gasteiger partial charge in [0.1, 0.15) is 0 Å². The van der Waals surface area contributed by atoms with E-state index in [-0.39, 0.29) is 11.9 Å². The van der Waals surface area contributed by atoms with Gasteiger partial charge in [-0.1, -0.05) is 89.4 Å². The number of halogens is 2. The Bertz CT molecular complexity index is 925. The molecule has 2 nitrogen and oxygen atoms in total. The van der Waals surface area contributed by atoms with Crippen LogP contribution in [0.5, 0.6) is 0 Å². The van der Waals surface area contributed by atoms with Gasteiger partial charge in [-0.2, -0.15) is 0 Å². The molecule has 4 heteroatoms. The summed E-state index contributed by atoms with van der Waals surface area (Å²) in [7, 11) is 0. The van der Waals surface area contributed by atoms with Crippen molar-refractivity contribution < 1.29 is 4.79 Å². The largest absolute Gasteiger partial charge is 0.345 e. The molecule has 0 aliphatic rings. The quantitative estimate of drug-likeness (QED) is 0.531. The van der Waals surface area contributed by atoms with Crippen LogP contribution in [0.4, 0.5) is 0 Å². The zero-order valence-electron chi connectivity index (χ0n) is 15.1. The Hall–Kier alpha value is -2.29. The Kier molecular flexibility index (Phi) is 6.54. The maximum Gasteiger partial charge on any atom is 0.221 e. The molecular weight excluding hydrogens is 377 g/mol. The van der Waals surface area contributed by atoms with Gasteiger partial charge in [0.25, 0.3) is 0 Å². The molecule has 0 heterocycles. The maximum absolute atomic E-state index is 12.6. The van der Waals surface area contributed by atoms with Crippen LogP contribution in [0.15, 0.2) is 72.8 Å². The van der Waals surface area contributed by atoms with Crippen molar-refractivity contribution in [2.24, 2.45) is 0 Å². The van der Waals surface area contributed by atoms with Crippen LogP contribution in [0.2, 0.25) is 10.0 Å². The molecule has 27 heavy (non-hydrogen) atoms. The summed E-state index contributed by atoms with van der Waals surface area (Å²) < 4.78 is 0. The van der Waals surface area contributed by atoms with Crippen LogP contribution < -0.4 is 5.32 Å². The standard InChI is InChI=1S/C23H21Cl2NO/c1-16-6-5-9-19(14-16)23(18-7-3-2-4-8-18)26-22(27)13-11-17-10-12-20(24)21(25)15-17/h2-10,12,14-15,23H,11,13H2,1H3,(H,26,27). The van der Waals surface area contributed by atoms with Gasteiger partial charge in [0.2, 0.25) is 5.91 Å². The summed E-state index contributed by atoms with van der Waals surface area (Å²) >= 11 is 12.0. The van der Waals surface area contributed by atoms with Crippen molar-refractivity contribution in [1.29, 1.82) is 0 Å². The number of amides is 1. The number of rotatable bonds is 6. The summed E-state index contributed by atoms with van der Waals surface area (Å²) in [6, 6.07) is 23.5. The molecule has 0 saturated carbocycles. The lowest BCUT2D eigenvalue weighted by Crippen LogP contribution is -2.29. The number of nitrogens with one attached hydrogen (secondary N) is 1. The third-order valence-electron chi connectivity index (χ3n) is 4.44. The molecule has 1 atom stereocenters. The van der Waals surface area contributed by atoms with Crippen LogP contribution in [0.1, 0.15) is 34.7 Å². The second kappa shape index (κ2) is 9.07. The summed E-state index contributed by atoms with van der Waals surface area (Å²) in [6.07, 6.45) is 0.991. The van der Waals surface area contributed by atoms with E-state index in [4.69, 9.17) is 23.2 Å². The Morgan fingerprint density at radius 2 is 1.63 bits per heavy atom. The summed E-state index contributed by atoms with van der Waals surface area (Å²) in [5.74, 6) is -0.00330. The minimum absolute atomic E-state index is 0.00330. The Balaban J connectivity index is 1.73. The van der Waals surface area contributed by atoms with Crippen LogP contribution in [0.3, 0.4) is 0 Å². The lowest BCUT2D eigenvalue weighted by atomic mass is 9.97. The van der Waals surface area contributed by atoms with E-state index in [9.17, 15) is 4.79 Å². The van der Waals surface area contributed by atoms with Gasteiger partial charge in [0.05, 0.1) is 16.1 Å². The van der Waals surface area contributed by atoms with Crippen molar-refractivity contribution in [3.63, 3.8) is 0 Å². The van der Waals surface area contributed by atoms with Gasteiger partial charge in [0, 0.05) is 6.42 Å². The molecule has 0 bridgehead atoms. The highest BCUT2D eigenvalue weighted by atomic mass is 35.5. The molecular formula is C23H21Cl2NO. The van der Waals surface area contributed by atoms with E-state index in [0.717, 1.165) is 16.7 Å². The molecule has 1 unspecified atom stereocenters. The molecule has 0 saturated heterocycles. The molecule has 0 radical (unpaired) electrons. The van der Waals surface area contributed by atoms with E-state index in [2.05, 4.69) is 24.4 Å². The number of carbonyl (C=O) groups is 1. The molecule has 138 valence electrons. The predicted molar refractivity (Wildman–Crippen MR) is 112 cm³/mol. The molecule has 3 aromatic rings. The van der Waals surface area contributed by atoms with Crippen LogP contribution in [-0.2, 0) is 11.2 Å². The smallest absolute Gasteiger partial charge is 0.221 e. The first-order valence-corrected chi connectivity index (χ1v) is 9.63.